The minimum atomic E-state index is -0.756. The van der Waals surface area contributed by atoms with Gasteiger partial charge < -0.3 is 24.6 Å². The number of aliphatic hydroxyl groups excluding tert-OH is 1. The van der Waals surface area contributed by atoms with Crippen molar-refractivity contribution >= 4 is 22.6 Å². The lowest BCUT2D eigenvalue weighted by molar-refractivity contribution is 0.0630. The molecule has 0 unspecified atom stereocenters. The fraction of sp³-hybridized carbons (Fsp3) is 0.300. The number of β-amino-alcohol motifs (C(OH)–C–C–N with tert-alkyl or cyclic N) is 1. The predicted molar refractivity (Wildman–Crippen MR) is 105 cm³/mol. The van der Waals surface area contributed by atoms with Crippen molar-refractivity contribution in [1.29, 1.82) is 0 Å². The van der Waals surface area contributed by atoms with Gasteiger partial charge in [0.05, 0.1) is 11.7 Å². The van der Waals surface area contributed by atoms with Gasteiger partial charge in [-0.1, -0.05) is 11.6 Å². The van der Waals surface area contributed by atoms with Gasteiger partial charge in [-0.3, -0.25) is 4.79 Å². The van der Waals surface area contributed by atoms with E-state index in [1.54, 1.807) is 12.1 Å². The molecule has 1 aromatic carbocycles. The maximum atomic E-state index is 12.7. The van der Waals surface area contributed by atoms with Crippen LogP contribution in [0, 0.1) is 0 Å². The molecule has 1 saturated heterocycles. The van der Waals surface area contributed by atoms with E-state index in [0.29, 0.717) is 30.6 Å². The molecule has 2 atom stereocenters. The molecule has 3 heterocycles. The van der Waals surface area contributed by atoms with Crippen LogP contribution < -0.4 is 5.43 Å². The first-order valence-corrected chi connectivity index (χ1v) is 9.24. The monoisotopic (exact) mass is 402 g/mol. The molecular formula is C20H19ClN2O5. The van der Waals surface area contributed by atoms with E-state index < -0.39 is 17.5 Å². The summed E-state index contributed by atoms with van der Waals surface area (Å²) < 4.78 is 5.96. The summed E-state index contributed by atoms with van der Waals surface area (Å²) in [6.07, 6.45) is 1.32. The van der Waals surface area contributed by atoms with Crippen LogP contribution in [0.15, 0.2) is 39.7 Å². The van der Waals surface area contributed by atoms with Gasteiger partial charge in [0.15, 0.2) is 5.43 Å². The Balaban J connectivity index is 2.00. The van der Waals surface area contributed by atoms with E-state index in [9.17, 15) is 20.1 Å². The van der Waals surface area contributed by atoms with E-state index in [1.807, 2.05) is 11.9 Å². The van der Waals surface area contributed by atoms with Crippen molar-refractivity contribution < 1.29 is 19.7 Å². The van der Waals surface area contributed by atoms with Gasteiger partial charge in [-0.2, -0.15) is 0 Å². The number of piperidine rings is 1. The number of nitrogens with zero attached hydrogens (tertiary/aromatic N) is 2. The highest BCUT2D eigenvalue weighted by Crippen LogP contribution is 2.42. The van der Waals surface area contributed by atoms with Crippen LogP contribution in [0.4, 0.5) is 0 Å². The molecule has 8 heteroatoms. The molecule has 146 valence electrons. The van der Waals surface area contributed by atoms with Crippen LogP contribution in [0.25, 0.3) is 22.3 Å². The topological polar surface area (TPSA) is 107 Å². The number of pyridine rings is 1. The van der Waals surface area contributed by atoms with Gasteiger partial charge in [-0.25, -0.2) is 4.98 Å². The lowest BCUT2D eigenvalue weighted by atomic mass is 9.85. The first kappa shape index (κ1) is 18.7. The van der Waals surface area contributed by atoms with E-state index in [1.165, 1.54) is 12.3 Å². The summed E-state index contributed by atoms with van der Waals surface area (Å²) in [6, 6.07) is 5.67. The van der Waals surface area contributed by atoms with Crippen LogP contribution in [0.5, 0.6) is 11.5 Å². The standard InChI is InChI=1S/C20H19ClN2O5/c1-23-6-4-10(15(27)9-23)17-12(24)7-13(25)18-14(26)8-16(28-19(17)18)11-3-2-5-22-20(11)21/h2-3,5,7-8,10,15,24-25,27H,4,6,9H2,1H3/t10-,15+/m0/s1. The molecule has 3 aromatic rings. The number of likely N-dealkylation sites (tertiary alicyclic amines) is 1. The largest absolute Gasteiger partial charge is 0.507 e. The van der Waals surface area contributed by atoms with Crippen molar-refractivity contribution in [2.75, 3.05) is 20.1 Å². The number of halogens is 1. The zero-order chi connectivity index (χ0) is 20.0. The van der Waals surface area contributed by atoms with Crippen LogP contribution >= 0.6 is 11.6 Å². The lowest BCUT2D eigenvalue weighted by Gasteiger charge is -2.34. The number of benzene rings is 1. The summed E-state index contributed by atoms with van der Waals surface area (Å²) in [5.74, 6) is -0.876. The molecule has 2 aromatic heterocycles. The Kier molecular flexibility index (Phi) is 4.74. The van der Waals surface area contributed by atoms with Gasteiger partial charge in [0.1, 0.15) is 33.4 Å². The Bertz CT molecular complexity index is 1110. The van der Waals surface area contributed by atoms with Gasteiger partial charge in [0, 0.05) is 36.4 Å². The Labute approximate surface area is 165 Å². The van der Waals surface area contributed by atoms with Gasteiger partial charge >= 0.3 is 0 Å². The highest BCUT2D eigenvalue weighted by molar-refractivity contribution is 6.31. The maximum Gasteiger partial charge on any atom is 0.197 e. The van der Waals surface area contributed by atoms with Gasteiger partial charge in [-0.15, -0.1) is 0 Å². The number of hydrogen-bond donors (Lipinski definition) is 3. The average molecular weight is 403 g/mol. The van der Waals surface area contributed by atoms with Gasteiger partial charge in [0.25, 0.3) is 0 Å². The van der Waals surface area contributed by atoms with Crippen molar-refractivity contribution in [3.05, 3.63) is 51.4 Å². The molecule has 0 aliphatic carbocycles. The fourth-order valence-corrected chi connectivity index (χ4v) is 4.02. The number of aromatic hydroxyl groups is 2. The summed E-state index contributed by atoms with van der Waals surface area (Å²) >= 11 is 6.14. The molecule has 0 amide bonds. The number of phenolic OH excluding ortho intramolecular Hbond substituents is 2. The normalized spacial score (nSPS) is 20.5. The molecule has 0 spiro atoms. The van der Waals surface area contributed by atoms with Crippen LogP contribution in [-0.2, 0) is 0 Å². The van der Waals surface area contributed by atoms with E-state index in [4.69, 9.17) is 16.0 Å². The highest BCUT2D eigenvalue weighted by atomic mass is 35.5. The summed E-state index contributed by atoms with van der Waals surface area (Å²) in [7, 11) is 1.90. The summed E-state index contributed by atoms with van der Waals surface area (Å²) in [4.78, 5) is 18.7. The number of aliphatic hydroxyl groups is 1. The smallest absolute Gasteiger partial charge is 0.197 e. The second-order valence-corrected chi connectivity index (χ2v) is 7.43. The Hall–Kier alpha value is -2.61. The first-order chi connectivity index (χ1) is 13.4. The van der Waals surface area contributed by atoms with E-state index >= 15 is 0 Å². The Morgan fingerprint density at radius 1 is 1.29 bits per heavy atom. The molecule has 1 fully saturated rings. The number of hydrogen-bond acceptors (Lipinski definition) is 7. The van der Waals surface area contributed by atoms with E-state index in [-0.39, 0.29) is 33.4 Å². The molecule has 0 radical (unpaired) electrons. The van der Waals surface area contributed by atoms with E-state index in [2.05, 4.69) is 4.98 Å². The molecule has 3 N–H and O–H groups in total. The third-order valence-electron chi connectivity index (χ3n) is 5.18. The molecule has 0 saturated carbocycles. The molecule has 7 nitrogen and oxygen atoms in total. The zero-order valence-electron chi connectivity index (χ0n) is 15.1. The molecule has 1 aliphatic rings. The SMILES string of the molecule is CN1CC[C@H](c2c(O)cc(O)c3c(=O)cc(-c4cccnc4Cl)oc23)[C@H](O)C1. The lowest BCUT2D eigenvalue weighted by Crippen LogP contribution is -2.40. The van der Waals surface area contributed by atoms with Crippen LogP contribution in [0.2, 0.25) is 5.15 Å². The van der Waals surface area contributed by atoms with E-state index in [0.717, 1.165) is 6.07 Å². The van der Waals surface area contributed by atoms with Gasteiger partial charge in [-0.05, 0) is 32.1 Å². The number of phenols is 2. The molecule has 4 rings (SSSR count). The highest BCUT2D eigenvalue weighted by Gasteiger charge is 2.33. The van der Waals surface area contributed by atoms with Crippen molar-refractivity contribution in [1.82, 2.24) is 9.88 Å². The molecule has 1 aliphatic heterocycles. The van der Waals surface area contributed by atoms with Crippen LogP contribution in [-0.4, -0.2) is 51.4 Å². The van der Waals surface area contributed by atoms with Crippen molar-refractivity contribution in [3.63, 3.8) is 0 Å². The maximum absolute atomic E-state index is 12.7. The average Bonchev–Trinajstić information content (AvgIpc) is 2.63. The first-order valence-electron chi connectivity index (χ1n) is 8.87. The molecule has 0 bridgehead atoms. The third kappa shape index (κ3) is 3.11. The number of likely N-dealkylation sites (N-methyl/N-ethyl adjacent to an activating group) is 1. The summed E-state index contributed by atoms with van der Waals surface area (Å²) in [6.45, 7) is 1.13. The summed E-state index contributed by atoms with van der Waals surface area (Å²) in [5.41, 5.74) is 0.305. The number of rotatable bonds is 2. The van der Waals surface area contributed by atoms with Crippen molar-refractivity contribution in [2.45, 2.75) is 18.4 Å². The van der Waals surface area contributed by atoms with Crippen molar-refractivity contribution in [2.24, 2.45) is 0 Å². The Morgan fingerprint density at radius 3 is 2.79 bits per heavy atom. The fourth-order valence-electron chi connectivity index (χ4n) is 3.81. The van der Waals surface area contributed by atoms with Crippen LogP contribution in [0.1, 0.15) is 17.9 Å². The molecule has 28 heavy (non-hydrogen) atoms. The van der Waals surface area contributed by atoms with Crippen molar-refractivity contribution in [3.8, 4) is 22.8 Å². The third-order valence-corrected chi connectivity index (χ3v) is 5.48. The number of aromatic nitrogens is 1. The minimum Gasteiger partial charge on any atom is -0.507 e. The Morgan fingerprint density at radius 2 is 2.07 bits per heavy atom. The minimum absolute atomic E-state index is 0.0392. The van der Waals surface area contributed by atoms with Gasteiger partial charge in [0.2, 0.25) is 0 Å². The zero-order valence-corrected chi connectivity index (χ0v) is 15.8. The number of fused-ring (bicyclic) bond motifs is 1. The summed E-state index contributed by atoms with van der Waals surface area (Å²) in [5, 5.41) is 31.5. The second kappa shape index (κ2) is 7.09. The predicted octanol–water partition coefficient (Wildman–Crippen LogP) is 2.70. The quantitative estimate of drug-likeness (QED) is 0.565. The molecular weight excluding hydrogens is 384 g/mol. The van der Waals surface area contributed by atoms with Crippen LogP contribution in [0.3, 0.4) is 0 Å². The second-order valence-electron chi connectivity index (χ2n) is 7.07.